The zero-order valence-corrected chi connectivity index (χ0v) is 17.2. The molecule has 1 heterocycles. The Morgan fingerprint density at radius 2 is 1.62 bits per heavy atom. The van der Waals surface area contributed by atoms with Gasteiger partial charge >= 0.3 is 5.97 Å². The van der Waals surface area contributed by atoms with Crippen molar-refractivity contribution in [1.82, 2.24) is 0 Å². The van der Waals surface area contributed by atoms with Gasteiger partial charge in [-0.05, 0) is 50.2 Å². The minimum Gasteiger partial charge on any atom is -0.496 e. The molecule has 1 aliphatic rings. The molecular weight excluding hydrogens is 392 g/mol. The van der Waals surface area contributed by atoms with Crippen LogP contribution in [0.5, 0.6) is 5.75 Å². The SMILES string of the molecule is COc1ccc(C(C)=O)cc1CSC1(CC(=O)O)Nc2ccc(C(C)=O)cc2N1. The van der Waals surface area contributed by atoms with Crippen molar-refractivity contribution in [2.24, 2.45) is 0 Å². The smallest absolute Gasteiger partial charge is 0.308 e. The average molecular weight is 414 g/mol. The van der Waals surface area contributed by atoms with Gasteiger partial charge in [0.25, 0.3) is 0 Å². The van der Waals surface area contributed by atoms with Crippen LogP contribution in [0.3, 0.4) is 0 Å². The molecule has 0 saturated carbocycles. The highest BCUT2D eigenvalue weighted by Gasteiger charge is 2.39. The number of carbonyl (C=O) groups excluding carboxylic acids is 2. The Hall–Kier alpha value is -3.00. The second kappa shape index (κ2) is 8.16. The van der Waals surface area contributed by atoms with Crippen molar-refractivity contribution in [2.75, 3.05) is 17.7 Å². The van der Waals surface area contributed by atoms with E-state index in [9.17, 15) is 19.5 Å². The molecule has 2 aromatic carbocycles. The Labute approximate surface area is 172 Å². The molecule has 7 nitrogen and oxygen atoms in total. The van der Waals surface area contributed by atoms with E-state index in [-0.39, 0.29) is 18.0 Å². The summed E-state index contributed by atoms with van der Waals surface area (Å²) < 4.78 is 5.39. The fraction of sp³-hybridized carbons (Fsp3) is 0.286. The van der Waals surface area contributed by atoms with E-state index in [4.69, 9.17) is 4.74 Å². The molecule has 1 unspecified atom stereocenters. The van der Waals surface area contributed by atoms with E-state index in [1.54, 1.807) is 43.5 Å². The van der Waals surface area contributed by atoms with Crippen molar-refractivity contribution in [3.63, 3.8) is 0 Å². The van der Waals surface area contributed by atoms with E-state index in [2.05, 4.69) is 10.6 Å². The maximum atomic E-state index is 11.7. The number of thioether (sulfide) groups is 1. The van der Waals surface area contributed by atoms with Crippen LogP contribution in [0, 0.1) is 0 Å². The van der Waals surface area contributed by atoms with E-state index in [0.29, 0.717) is 28.3 Å². The summed E-state index contributed by atoms with van der Waals surface area (Å²) in [5.41, 5.74) is 3.31. The standard InChI is InChI=1S/C21H22N2O5S/c1-12(24)14-5-7-19(28-3)16(8-14)11-29-21(10-20(26)27)22-17-6-4-15(13(2)25)9-18(17)23-21/h4-9,22-23H,10-11H2,1-3H3,(H,26,27). The number of rotatable bonds is 8. The Kier molecular flexibility index (Phi) is 5.83. The van der Waals surface area contributed by atoms with E-state index in [0.717, 1.165) is 11.3 Å². The number of anilines is 2. The van der Waals surface area contributed by atoms with Crippen molar-refractivity contribution in [3.8, 4) is 5.75 Å². The van der Waals surface area contributed by atoms with E-state index in [1.165, 1.54) is 25.6 Å². The molecule has 152 valence electrons. The lowest BCUT2D eigenvalue weighted by molar-refractivity contribution is -0.137. The lowest BCUT2D eigenvalue weighted by Crippen LogP contribution is -2.40. The topological polar surface area (TPSA) is 105 Å². The summed E-state index contributed by atoms with van der Waals surface area (Å²) in [5, 5.41) is 15.9. The van der Waals surface area contributed by atoms with E-state index in [1.807, 2.05) is 0 Å². The first-order chi connectivity index (χ1) is 13.7. The predicted molar refractivity (Wildman–Crippen MR) is 113 cm³/mol. The third-order valence-electron chi connectivity index (χ3n) is 4.66. The van der Waals surface area contributed by atoms with Gasteiger partial charge in [-0.1, -0.05) is 0 Å². The van der Waals surface area contributed by atoms with Crippen LogP contribution in [0.2, 0.25) is 0 Å². The van der Waals surface area contributed by atoms with Crippen molar-refractivity contribution >= 4 is 40.7 Å². The molecule has 0 fully saturated rings. The molecule has 0 aliphatic carbocycles. The minimum atomic E-state index is -0.999. The molecule has 3 N–H and O–H groups in total. The number of Topliss-reactive ketones (excluding diaryl/α,β-unsaturated/α-hetero) is 2. The van der Waals surface area contributed by atoms with Crippen molar-refractivity contribution in [2.45, 2.75) is 31.0 Å². The molecule has 0 spiro atoms. The maximum Gasteiger partial charge on any atom is 0.308 e. The normalized spacial score (nSPS) is 17.1. The van der Waals surface area contributed by atoms with Crippen LogP contribution in [-0.2, 0) is 10.5 Å². The number of hydrogen-bond donors (Lipinski definition) is 3. The maximum absolute atomic E-state index is 11.7. The number of benzene rings is 2. The van der Waals surface area contributed by atoms with Crippen LogP contribution in [0.15, 0.2) is 36.4 Å². The summed E-state index contributed by atoms with van der Waals surface area (Å²) >= 11 is 1.35. The van der Waals surface area contributed by atoms with Gasteiger partial charge in [0.15, 0.2) is 16.6 Å². The second-order valence-electron chi connectivity index (χ2n) is 6.84. The van der Waals surface area contributed by atoms with Crippen LogP contribution < -0.4 is 15.4 Å². The van der Waals surface area contributed by atoms with Crippen molar-refractivity contribution in [1.29, 1.82) is 0 Å². The first-order valence-corrected chi connectivity index (χ1v) is 9.96. The van der Waals surface area contributed by atoms with Crippen LogP contribution in [0.4, 0.5) is 11.4 Å². The molecule has 8 heteroatoms. The van der Waals surface area contributed by atoms with Gasteiger partial charge in [0.05, 0.1) is 24.9 Å². The van der Waals surface area contributed by atoms with Gasteiger partial charge in [0.1, 0.15) is 5.75 Å². The number of ketones is 2. The number of ether oxygens (including phenoxy) is 1. The van der Waals surface area contributed by atoms with Gasteiger partial charge in [0, 0.05) is 22.4 Å². The number of carbonyl (C=O) groups is 3. The molecule has 3 rings (SSSR count). The van der Waals surface area contributed by atoms with Crippen LogP contribution in [0.25, 0.3) is 0 Å². The van der Waals surface area contributed by atoms with Gasteiger partial charge in [0.2, 0.25) is 0 Å². The van der Waals surface area contributed by atoms with Gasteiger partial charge < -0.3 is 20.5 Å². The zero-order chi connectivity index (χ0) is 21.2. The molecule has 1 aliphatic heterocycles. The molecular formula is C21H22N2O5S. The van der Waals surface area contributed by atoms with E-state index >= 15 is 0 Å². The fourth-order valence-corrected chi connectivity index (χ4v) is 4.40. The Morgan fingerprint density at radius 1 is 1.00 bits per heavy atom. The summed E-state index contributed by atoms with van der Waals surface area (Å²) in [5.74, 6) is -0.0568. The molecule has 0 amide bonds. The predicted octanol–water partition coefficient (Wildman–Crippen LogP) is 4.00. The monoisotopic (exact) mass is 414 g/mol. The highest BCUT2D eigenvalue weighted by Crippen LogP contribution is 2.44. The highest BCUT2D eigenvalue weighted by atomic mass is 32.2. The van der Waals surface area contributed by atoms with Gasteiger partial charge in [-0.15, -0.1) is 11.8 Å². The molecule has 2 aromatic rings. The van der Waals surface area contributed by atoms with Crippen LogP contribution >= 0.6 is 11.8 Å². The molecule has 1 atom stereocenters. The Morgan fingerprint density at radius 3 is 2.24 bits per heavy atom. The Bertz CT molecular complexity index is 991. The average Bonchev–Trinajstić information content (AvgIpc) is 3.02. The van der Waals surface area contributed by atoms with Gasteiger partial charge in [-0.25, -0.2) is 0 Å². The number of methoxy groups -OCH3 is 1. The first kappa shape index (κ1) is 20.7. The number of carboxylic acid groups (broad SMARTS) is 1. The number of hydrogen-bond acceptors (Lipinski definition) is 7. The quantitative estimate of drug-likeness (QED) is 0.557. The van der Waals surface area contributed by atoms with Crippen LogP contribution in [0.1, 0.15) is 46.5 Å². The number of fused-ring (bicyclic) bond motifs is 1. The molecule has 0 bridgehead atoms. The van der Waals surface area contributed by atoms with Crippen molar-refractivity contribution in [3.05, 3.63) is 53.1 Å². The third-order valence-corrected chi connectivity index (χ3v) is 5.96. The second-order valence-corrected chi connectivity index (χ2v) is 8.11. The number of aliphatic carboxylic acids is 1. The molecule has 0 radical (unpaired) electrons. The fourth-order valence-electron chi connectivity index (χ4n) is 3.18. The molecule has 0 aromatic heterocycles. The highest BCUT2D eigenvalue weighted by molar-refractivity contribution is 8.00. The van der Waals surface area contributed by atoms with Crippen LogP contribution in [-0.4, -0.2) is 34.7 Å². The lowest BCUT2D eigenvalue weighted by atomic mass is 10.1. The molecule has 0 saturated heterocycles. The van der Waals surface area contributed by atoms with Gasteiger partial charge in [-0.2, -0.15) is 0 Å². The summed E-state index contributed by atoms with van der Waals surface area (Å²) in [7, 11) is 1.55. The molecule has 29 heavy (non-hydrogen) atoms. The summed E-state index contributed by atoms with van der Waals surface area (Å²) in [6, 6.07) is 10.4. The summed E-state index contributed by atoms with van der Waals surface area (Å²) in [4.78, 5) is 33.9. The largest absolute Gasteiger partial charge is 0.496 e. The summed E-state index contributed by atoms with van der Waals surface area (Å²) in [6.45, 7) is 2.98. The minimum absolute atomic E-state index is 0.0552. The Balaban J connectivity index is 1.88. The van der Waals surface area contributed by atoms with E-state index < -0.39 is 11.0 Å². The zero-order valence-electron chi connectivity index (χ0n) is 16.4. The van der Waals surface area contributed by atoms with Gasteiger partial charge in [-0.3, -0.25) is 14.4 Å². The number of carboxylic acids is 1. The van der Waals surface area contributed by atoms with Crippen molar-refractivity contribution < 1.29 is 24.2 Å². The lowest BCUT2D eigenvalue weighted by Gasteiger charge is -2.29. The first-order valence-electron chi connectivity index (χ1n) is 8.98. The summed E-state index contributed by atoms with van der Waals surface area (Å²) in [6.07, 6.45) is -0.198. The third kappa shape index (κ3) is 4.54. The number of nitrogens with one attached hydrogen (secondary N) is 2.